The molecular weight excluding hydrogens is 313 g/mol. The van der Waals surface area contributed by atoms with Crippen molar-refractivity contribution in [2.75, 3.05) is 11.9 Å². The van der Waals surface area contributed by atoms with E-state index in [9.17, 15) is 4.79 Å². The van der Waals surface area contributed by atoms with Crippen LogP contribution in [0.3, 0.4) is 0 Å². The molecule has 0 atom stereocenters. The molecule has 110 valence electrons. The van der Waals surface area contributed by atoms with E-state index in [1.54, 1.807) is 0 Å². The molecule has 0 aliphatic rings. The van der Waals surface area contributed by atoms with Crippen molar-refractivity contribution in [1.29, 1.82) is 0 Å². The molecular formula is C14H13Cl2N3O2. The molecule has 0 fully saturated rings. The average molecular weight is 326 g/mol. The Morgan fingerprint density at radius 2 is 2.14 bits per heavy atom. The molecule has 1 aromatic carbocycles. The quantitative estimate of drug-likeness (QED) is 0.854. The van der Waals surface area contributed by atoms with Crippen LogP contribution in [-0.2, 0) is 4.79 Å². The smallest absolute Gasteiger partial charge is 0.228 e. The molecule has 0 spiro atoms. The number of rotatable bonds is 5. The number of carbonyl (C=O) groups excluding carboxylic acids is 1. The number of hydrogen-bond acceptors (Lipinski definition) is 4. The lowest BCUT2D eigenvalue weighted by atomic mass is 10.2. The van der Waals surface area contributed by atoms with Crippen molar-refractivity contribution in [2.45, 2.75) is 13.3 Å². The van der Waals surface area contributed by atoms with Crippen molar-refractivity contribution in [3.05, 3.63) is 46.3 Å². The number of benzene rings is 1. The number of anilines is 1. The third kappa shape index (κ3) is 4.58. The number of ether oxygens (including phenoxy) is 1. The predicted molar refractivity (Wildman–Crippen MR) is 82.0 cm³/mol. The minimum atomic E-state index is -0.265. The molecule has 21 heavy (non-hydrogen) atoms. The van der Waals surface area contributed by atoms with Gasteiger partial charge in [0.15, 0.2) is 11.0 Å². The summed E-state index contributed by atoms with van der Waals surface area (Å²) in [6.07, 6.45) is 1.40. The Labute approximate surface area is 132 Å². The molecule has 0 saturated heterocycles. The number of nitrogens with zero attached hydrogens (tertiary/aromatic N) is 2. The number of aryl methyl sites for hydroxylation is 1. The van der Waals surface area contributed by atoms with Crippen LogP contribution in [0.2, 0.25) is 10.2 Å². The number of carbonyl (C=O) groups is 1. The highest BCUT2D eigenvalue weighted by molar-refractivity contribution is 6.42. The van der Waals surface area contributed by atoms with Gasteiger partial charge in [-0.25, -0.2) is 9.97 Å². The number of halogens is 2. The number of nitrogens with one attached hydrogen (secondary N) is 1. The third-order valence-corrected chi connectivity index (χ3v) is 3.33. The number of aromatic nitrogens is 2. The van der Waals surface area contributed by atoms with Gasteiger partial charge in [-0.1, -0.05) is 35.3 Å². The zero-order valence-corrected chi connectivity index (χ0v) is 12.8. The first-order valence-electron chi connectivity index (χ1n) is 6.21. The standard InChI is InChI=1S/C14H13Cl2N3O2/c1-9-3-2-4-10(7-9)21-6-5-11(20)19-14-12(15)13(16)17-8-18-14/h2-4,7-8H,5-6H2,1H3,(H,17,18,19,20). The third-order valence-electron chi connectivity index (χ3n) is 2.59. The Kier molecular flexibility index (Phi) is 5.36. The number of hydrogen-bond donors (Lipinski definition) is 1. The Balaban J connectivity index is 1.84. The van der Waals surface area contributed by atoms with Crippen molar-refractivity contribution < 1.29 is 9.53 Å². The molecule has 0 saturated carbocycles. The first-order chi connectivity index (χ1) is 10.1. The van der Waals surface area contributed by atoms with E-state index in [0.29, 0.717) is 0 Å². The molecule has 0 aliphatic heterocycles. The van der Waals surface area contributed by atoms with Gasteiger partial charge in [0.2, 0.25) is 5.91 Å². The molecule has 2 aromatic rings. The van der Waals surface area contributed by atoms with Crippen molar-refractivity contribution >= 4 is 34.9 Å². The van der Waals surface area contributed by atoms with Gasteiger partial charge in [0.25, 0.3) is 0 Å². The Bertz CT molecular complexity index is 650. The maximum atomic E-state index is 11.8. The molecule has 0 bridgehead atoms. The van der Waals surface area contributed by atoms with E-state index in [-0.39, 0.29) is 34.9 Å². The maximum Gasteiger partial charge on any atom is 0.228 e. The van der Waals surface area contributed by atoms with Crippen LogP contribution in [0.1, 0.15) is 12.0 Å². The van der Waals surface area contributed by atoms with Gasteiger partial charge < -0.3 is 10.1 Å². The van der Waals surface area contributed by atoms with Crippen LogP contribution >= 0.6 is 23.2 Å². The average Bonchev–Trinajstić information content (AvgIpc) is 2.44. The first-order valence-corrected chi connectivity index (χ1v) is 6.97. The summed E-state index contributed by atoms with van der Waals surface area (Å²) in [4.78, 5) is 19.3. The summed E-state index contributed by atoms with van der Waals surface area (Å²) in [6, 6.07) is 7.61. The second-order valence-corrected chi connectivity index (χ2v) is 5.03. The molecule has 1 heterocycles. The largest absolute Gasteiger partial charge is 0.493 e. The molecule has 0 unspecified atom stereocenters. The summed E-state index contributed by atoms with van der Waals surface area (Å²) in [5.74, 6) is 0.655. The van der Waals surface area contributed by atoms with Crippen LogP contribution < -0.4 is 10.1 Å². The molecule has 2 rings (SSSR count). The summed E-state index contributed by atoms with van der Waals surface area (Å²) >= 11 is 11.6. The predicted octanol–water partition coefficient (Wildman–Crippen LogP) is 3.50. The fourth-order valence-electron chi connectivity index (χ4n) is 1.60. The fraction of sp³-hybridized carbons (Fsp3) is 0.214. The Hall–Kier alpha value is -1.85. The van der Waals surface area contributed by atoms with Crippen LogP contribution in [0.25, 0.3) is 0 Å². The molecule has 7 heteroatoms. The van der Waals surface area contributed by atoms with Gasteiger partial charge >= 0.3 is 0 Å². The lowest BCUT2D eigenvalue weighted by Gasteiger charge is -2.08. The monoisotopic (exact) mass is 325 g/mol. The molecule has 0 aliphatic carbocycles. The molecule has 1 aromatic heterocycles. The number of amides is 1. The Morgan fingerprint density at radius 3 is 2.90 bits per heavy atom. The van der Waals surface area contributed by atoms with Crippen molar-refractivity contribution in [2.24, 2.45) is 0 Å². The van der Waals surface area contributed by atoms with E-state index in [2.05, 4.69) is 15.3 Å². The van der Waals surface area contributed by atoms with Crippen molar-refractivity contribution in [3.8, 4) is 5.75 Å². The highest BCUT2D eigenvalue weighted by Crippen LogP contribution is 2.25. The SMILES string of the molecule is Cc1cccc(OCCC(=O)Nc2ncnc(Cl)c2Cl)c1. The van der Waals surface area contributed by atoms with Gasteiger partial charge in [0.1, 0.15) is 17.1 Å². The second kappa shape index (κ2) is 7.24. The highest BCUT2D eigenvalue weighted by atomic mass is 35.5. The van der Waals surface area contributed by atoms with Crippen LogP contribution in [-0.4, -0.2) is 22.5 Å². The highest BCUT2D eigenvalue weighted by Gasteiger charge is 2.10. The summed E-state index contributed by atoms with van der Waals surface area (Å²) < 4.78 is 5.50. The topological polar surface area (TPSA) is 64.1 Å². The lowest BCUT2D eigenvalue weighted by molar-refractivity contribution is -0.116. The van der Waals surface area contributed by atoms with Crippen LogP contribution in [0.5, 0.6) is 5.75 Å². The van der Waals surface area contributed by atoms with Gasteiger partial charge in [0.05, 0.1) is 13.0 Å². The normalized spacial score (nSPS) is 10.2. The van der Waals surface area contributed by atoms with E-state index >= 15 is 0 Å². The van der Waals surface area contributed by atoms with Crippen LogP contribution in [0.4, 0.5) is 5.82 Å². The fourth-order valence-corrected chi connectivity index (χ4v) is 1.87. The second-order valence-electron chi connectivity index (χ2n) is 4.29. The van der Waals surface area contributed by atoms with E-state index in [1.807, 2.05) is 31.2 Å². The zero-order chi connectivity index (χ0) is 15.2. The molecule has 1 N–H and O–H groups in total. The first kappa shape index (κ1) is 15.5. The lowest BCUT2D eigenvalue weighted by Crippen LogP contribution is -2.16. The van der Waals surface area contributed by atoms with Crippen molar-refractivity contribution in [3.63, 3.8) is 0 Å². The van der Waals surface area contributed by atoms with E-state index < -0.39 is 0 Å². The van der Waals surface area contributed by atoms with Gasteiger partial charge in [-0.05, 0) is 24.6 Å². The minimum absolute atomic E-state index is 0.0953. The molecule has 0 radical (unpaired) electrons. The van der Waals surface area contributed by atoms with Gasteiger partial charge in [0, 0.05) is 0 Å². The Morgan fingerprint density at radius 1 is 1.33 bits per heavy atom. The summed E-state index contributed by atoms with van der Waals surface area (Å²) in [7, 11) is 0. The van der Waals surface area contributed by atoms with Gasteiger partial charge in [-0.3, -0.25) is 4.79 Å². The van der Waals surface area contributed by atoms with Crippen molar-refractivity contribution in [1.82, 2.24) is 9.97 Å². The summed E-state index contributed by atoms with van der Waals surface area (Å²) in [6.45, 7) is 2.23. The summed E-state index contributed by atoms with van der Waals surface area (Å²) in [5.41, 5.74) is 1.10. The van der Waals surface area contributed by atoms with Crippen LogP contribution in [0, 0.1) is 6.92 Å². The summed E-state index contributed by atoms with van der Waals surface area (Å²) in [5, 5.41) is 2.78. The van der Waals surface area contributed by atoms with Gasteiger partial charge in [-0.2, -0.15) is 0 Å². The zero-order valence-electron chi connectivity index (χ0n) is 11.3. The van der Waals surface area contributed by atoms with Crippen LogP contribution in [0.15, 0.2) is 30.6 Å². The van der Waals surface area contributed by atoms with E-state index in [0.717, 1.165) is 11.3 Å². The molecule has 5 nitrogen and oxygen atoms in total. The van der Waals surface area contributed by atoms with Gasteiger partial charge in [-0.15, -0.1) is 0 Å². The molecule has 1 amide bonds. The minimum Gasteiger partial charge on any atom is -0.493 e. The van der Waals surface area contributed by atoms with E-state index in [1.165, 1.54) is 6.33 Å². The maximum absolute atomic E-state index is 11.8. The van der Waals surface area contributed by atoms with E-state index in [4.69, 9.17) is 27.9 Å².